The van der Waals surface area contributed by atoms with E-state index >= 15 is 0 Å². The summed E-state index contributed by atoms with van der Waals surface area (Å²) < 4.78 is 27.5. The highest BCUT2D eigenvalue weighted by Gasteiger charge is 2.27. The smallest absolute Gasteiger partial charge is 0.410 e. The van der Waals surface area contributed by atoms with E-state index in [2.05, 4.69) is 5.32 Å². The van der Waals surface area contributed by atoms with Crippen molar-refractivity contribution in [3.05, 3.63) is 0 Å². The van der Waals surface area contributed by atoms with E-state index in [1.165, 1.54) is 6.26 Å². The van der Waals surface area contributed by atoms with Crippen LogP contribution in [0.15, 0.2) is 0 Å². The summed E-state index contributed by atoms with van der Waals surface area (Å²) in [5.41, 5.74) is -0.474. The van der Waals surface area contributed by atoms with Gasteiger partial charge in [0, 0.05) is 25.9 Å². The third-order valence-electron chi connectivity index (χ3n) is 3.25. The second-order valence-corrected chi connectivity index (χ2v) is 9.03. The van der Waals surface area contributed by atoms with Crippen LogP contribution in [0, 0.1) is 5.92 Å². The first-order chi connectivity index (χ1) is 9.57. The predicted octanol–water partition coefficient (Wildman–Crippen LogP) is 1.27. The highest BCUT2D eigenvalue weighted by Crippen LogP contribution is 2.18. The van der Waals surface area contributed by atoms with Crippen molar-refractivity contribution in [2.75, 3.05) is 38.2 Å². The monoisotopic (exact) mass is 320 g/mol. The highest BCUT2D eigenvalue weighted by atomic mass is 32.2. The van der Waals surface area contributed by atoms with Gasteiger partial charge in [-0.15, -0.1) is 0 Å². The third-order valence-corrected chi connectivity index (χ3v) is 4.20. The molecule has 1 saturated heterocycles. The number of nitrogens with zero attached hydrogens (tertiary/aromatic N) is 1. The third kappa shape index (κ3) is 8.26. The van der Waals surface area contributed by atoms with Gasteiger partial charge >= 0.3 is 6.09 Å². The summed E-state index contributed by atoms with van der Waals surface area (Å²) in [5.74, 6) is 0.501. The maximum absolute atomic E-state index is 12.0. The van der Waals surface area contributed by atoms with Crippen molar-refractivity contribution < 1.29 is 17.9 Å². The fraction of sp³-hybridized carbons (Fsp3) is 0.929. The summed E-state index contributed by atoms with van der Waals surface area (Å²) in [4.78, 5) is 13.8. The molecule has 1 fully saturated rings. The van der Waals surface area contributed by atoms with Gasteiger partial charge in [-0.05, 0) is 46.1 Å². The van der Waals surface area contributed by atoms with Crippen molar-refractivity contribution in [1.29, 1.82) is 0 Å². The molecule has 21 heavy (non-hydrogen) atoms. The Morgan fingerprint density at radius 2 is 2.05 bits per heavy atom. The molecular formula is C14H28N2O4S. The van der Waals surface area contributed by atoms with Gasteiger partial charge in [-0.1, -0.05) is 0 Å². The number of rotatable bonds is 5. The number of carbonyl (C=O) groups is 1. The lowest BCUT2D eigenvalue weighted by atomic mass is 9.98. The maximum Gasteiger partial charge on any atom is 0.410 e. The molecule has 7 heteroatoms. The average Bonchev–Trinajstić information content (AvgIpc) is 2.32. The largest absolute Gasteiger partial charge is 0.444 e. The summed E-state index contributed by atoms with van der Waals surface area (Å²) in [6, 6.07) is 0. The number of hydrogen-bond donors (Lipinski definition) is 1. The standard InChI is InChI=1S/C14H28N2O4S/c1-14(2,3)20-13(17)16-8-5-6-12(11-16)10-15-7-9-21(4,18)19/h12,15H,5-11H2,1-4H3. The number of hydrogen-bond acceptors (Lipinski definition) is 5. The Morgan fingerprint density at radius 1 is 1.38 bits per heavy atom. The Bertz CT molecular complexity index is 442. The van der Waals surface area contributed by atoms with Crippen LogP contribution in [0.5, 0.6) is 0 Å². The minimum Gasteiger partial charge on any atom is -0.444 e. The first-order valence-corrected chi connectivity index (χ1v) is 9.49. The lowest BCUT2D eigenvalue weighted by Gasteiger charge is -2.34. The van der Waals surface area contributed by atoms with Crippen LogP contribution in [0.25, 0.3) is 0 Å². The van der Waals surface area contributed by atoms with Crippen molar-refractivity contribution in [3.8, 4) is 0 Å². The molecule has 1 heterocycles. The number of amides is 1. The van der Waals surface area contributed by atoms with Crippen LogP contribution in [-0.4, -0.2) is 63.2 Å². The molecule has 0 bridgehead atoms. The Labute approximate surface area is 128 Å². The molecule has 1 aliphatic rings. The molecule has 0 spiro atoms. The first kappa shape index (κ1) is 18.2. The lowest BCUT2D eigenvalue weighted by molar-refractivity contribution is 0.0167. The van der Waals surface area contributed by atoms with Gasteiger partial charge in [-0.2, -0.15) is 0 Å². The number of ether oxygens (including phenoxy) is 1. The molecular weight excluding hydrogens is 292 g/mol. The van der Waals surface area contributed by atoms with Gasteiger partial charge in [-0.25, -0.2) is 13.2 Å². The van der Waals surface area contributed by atoms with E-state index in [-0.39, 0.29) is 11.8 Å². The van der Waals surface area contributed by atoms with Gasteiger partial charge in [0.2, 0.25) is 0 Å². The van der Waals surface area contributed by atoms with E-state index in [1.54, 1.807) is 4.90 Å². The Morgan fingerprint density at radius 3 is 2.62 bits per heavy atom. The number of nitrogens with one attached hydrogen (secondary N) is 1. The topological polar surface area (TPSA) is 75.7 Å². The van der Waals surface area contributed by atoms with Crippen LogP contribution in [0.2, 0.25) is 0 Å². The van der Waals surface area contributed by atoms with E-state index in [9.17, 15) is 13.2 Å². The normalized spacial score (nSPS) is 20.4. The summed E-state index contributed by atoms with van der Waals surface area (Å²) in [7, 11) is -2.92. The molecule has 6 nitrogen and oxygen atoms in total. The fourth-order valence-electron chi connectivity index (χ4n) is 2.29. The SMILES string of the molecule is CC(C)(C)OC(=O)N1CCCC(CNCCS(C)(=O)=O)C1. The molecule has 1 N–H and O–H groups in total. The zero-order chi connectivity index (χ0) is 16.1. The van der Waals surface area contributed by atoms with E-state index in [0.29, 0.717) is 19.0 Å². The minimum absolute atomic E-state index is 0.148. The zero-order valence-electron chi connectivity index (χ0n) is 13.5. The maximum atomic E-state index is 12.0. The van der Waals surface area contributed by atoms with E-state index in [1.807, 2.05) is 20.8 Å². The molecule has 1 aliphatic heterocycles. The molecule has 1 amide bonds. The van der Waals surface area contributed by atoms with Crippen LogP contribution in [0.1, 0.15) is 33.6 Å². The van der Waals surface area contributed by atoms with Crippen molar-refractivity contribution in [2.24, 2.45) is 5.92 Å². The molecule has 1 atom stereocenters. The number of sulfone groups is 1. The Balaban J connectivity index is 2.33. The summed E-state index contributed by atoms with van der Waals surface area (Å²) in [6.07, 6.45) is 2.98. The van der Waals surface area contributed by atoms with E-state index < -0.39 is 15.4 Å². The van der Waals surface area contributed by atoms with E-state index in [0.717, 1.165) is 25.9 Å². The van der Waals surface area contributed by atoms with Crippen LogP contribution in [-0.2, 0) is 14.6 Å². The summed E-state index contributed by atoms with van der Waals surface area (Å²) in [6.45, 7) is 8.17. The zero-order valence-corrected chi connectivity index (χ0v) is 14.3. The van der Waals surface area contributed by atoms with Crippen LogP contribution >= 0.6 is 0 Å². The van der Waals surface area contributed by atoms with Crippen molar-refractivity contribution >= 4 is 15.9 Å². The van der Waals surface area contributed by atoms with Gasteiger partial charge < -0.3 is 15.0 Å². The van der Waals surface area contributed by atoms with Crippen molar-refractivity contribution in [1.82, 2.24) is 10.2 Å². The Hall–Kier alpha value is -0.820. The van der Waals surface area contributed by atoms with Crippen LogP contribution in [0.4, 0.5) is 4.79 Å². The average molecular weight is 320 g/mol. The lowest BCUT2D eigenvalue weighted by Crippen LogP contribution is -2.45. The highest BCUT2D eigenvalue weighted by molar-refractivity contribution is 7.90. The first-order valence-electron chi connectivity index (χ1n) is 7.43. The fourth-order valence-corrected chi connectivity index (χ4v) is 2.80. The second-order valence-electron chi connectivity index (χ2n) is 6.77. The molecule has 0 aromatic rings. The number of likely N-dealkylation sites (tertiary alicyclic amines) is 1. The van der Waals surface area contributed by atoms with Crippen molar-refractivity contribution in [3.63, 3.8) is 0 Å². The molecule has 124 valence electrons. The van der Waals surface area contributed by atoms with Crippen molar-refractivity contribution in [2.45, 2.75) is 39.2 Å². The number of piperidine rings is 1. The molecule has 0 aliphatic carbocycles. The van der Waals surface area contributed by atoms with Gasteiger partial charge in [0.15, 0.2) is 0 Å². The quantitative estimate of drug-likeness (QED) is 0.772. The minimum atomic E-state index is -2.92. The Kier molecular flexibility index (Phi) is 6.46. The number of carbonyl (C=O) groups excluding carboxylic acids is 1. The predicted molar refractivity (Wildman–Crippen MR) is 83.1 cm³/mol. The second kappa shape index (κ2) is 7.45. The summed E-state index contributed by atoms with van der Waals surface area (Å²) >= 11 is 0. The van der Waals surface area contributed by atoms with Gasteiger partial charge in [0.1, 0.15) is 15.4 Å². The van der Waals surface area contributed by atoms with Gasteiger partial charge in [0.25, 0.3) is 0 Å². The van der Waals surface area contributed by atoms with E-state index in [4.69, 9.17) is 4.74 Å². The molecule has 0 radical (unpaired) electrons. The van der Waals surface area contributed by atoms with Crippen LogP contribution < -0.4 is 5.32 Å². The molecule has 0 aromatic carbocycles. The molecule has 0 aromatic heterocycles. The van der Waals surface area contributed by atoms with Gasteiger partial charge in [0.05, 0.1) is 5.75 Å². The molecule has 1 rings (SSSR count). The van der Waals surface area contributed by atoms with Gasteiger partial charge in [-0.3, -0.25) is 0 Å². The summed E-state index contributed by atoms with van der Waals surface area (Å²) in [5, 5.41) is 3.16. The molecule has 0 saturated carbocycles. The molecule has 1 unspecified atom stereocenters. The van der Waals surface area contributed by atoms with Crippen LogP contribution in [0.3, 0.4) is 0 Å².